The average Bonchev–Trinajstić information content (AvgIpc) is 2.60. The van der Waals surface area contributed by atoms with E-state index in [0.717, 1.165) is 0 Å². The van der Waals surface area contributed by atoms with Gasteiger partial charge in [0.25, 0.3) is 5.56 Å². The van der Waals surface area contributed by atoms with Crippen molar-refractivity contribution >= 4 is 34.7 Å². The molecule has 1 heterocycles. The van der Waals surface area contributed by atoms with Crippen LogP contribution in [0.15, 0.2) is 57.2 Å². The maximum absolute atomic E-state index is 12.4. The summed E-state index contributed by atoms with van der Waals surface area (Å²) in [6.07, 6.45) is 1.20. The summed E-state index contributed by atoms with van der Waals surface area (Å²) in [6.45, 7) is -0.557. The maximum atomic E-state index is 12.4. The van der Waals surface area contributed by atoms with Crippen molar-refractivity contribution in [3.05, 3.63) is 73.9 Å². The molecule has 3 rings (SSSR count). The van der Waals surface area contributed by atoms with E-state index in [4.69, 9.17) is 21.4 Å². The number of hydrogen-bond acceptors (Lipinski definition) is 5. The van der Waals surface area contributed by atoms with Crippen LogP contribution in [0.5, 0.6) is 5.75 Å². The molecule has 3 aromatic rings. The third kappa shape index (κ3) is 3.65. The van der Waals surface area contributed by atoms with Crippen LogP contribution in [-0.4, -0.2) is 33.6 Å². The Morgan fingerprint density at radius 2 is 2.04 bits per heavy atom. The summed E-state index contributed by atoms with van der Waals surface area (Å²) in [4.78, 5) is 37.8. The predicted octanol–water partition coefficient (Wildman–Crippen LogP) is 1.69. The van der Waals surface area contributed by atoms with Gasteiger partial charge in [0.05, 0.1) is 17.1 Å². The number of carboxylic acid groups (broad SMARTS) is 1. The van der Waals surface area contributed by atoms with Gasteiger partial charge in [-0.3, -0.25) is 4.79 Å². The van der Waals surface area contributed by atoms with Crippen molar-refractivity contribution in [2.75, 3.05) is 6.61 Å². The van der Waals surface area contributed by atoms with Crippen LogP contribution in [0.3, 0.4) is 0 Å². The monoisotopic (exact) mass is 373 g/mol. The highest BCUT2D eigenvalue weighted by Crippen LogP contribution is 2.21. The van der Waals surface area contributed by atoms with Gasteiger partial charge in [0.1, 0.15) is 5.75 Å². The van der Waals surface area contributed by atoms with E-state index in [2.05, 4.69) is 10.1 Å². The van der Waals surface area contributed by atoms with Crippen molar-refractivity contribution in [3.63, 3.8) is 0 Å². The van der Waals surface area contributed by atoms with E-state index in [9.17, 15) is 14.4 Å². The summed E-state index contributed by atoms with van der Waals surface area (Å²) < 4.78 is 5.82. The van der Waals surface area contributed by atoms with E-state index in [-0.39, 0.29) is 5.75 Å². The molecular formula is C17H12ClN3O5. The zero-order chi connectivity index (χ0) is 18.7. The third-order valence-corrected chi connectivity index (χ3v) is 3.65. The van der Waals surface area contributed by atoms with Crippen LogP contribution < -0.4 is 16.0 Å². The first kappa shape index (κ1) is 17.4. The van der Waals surface area contributed by atoms with E-state index in [1.165, 1.54) is 24.4 Å². The van der Waals surface area contributed by atoms with Crippen molar-refractivity contribution in [3.8, 4) is 5.75 Å². The Hall–Kier alpha value is -3.39. The number of nitrogens with one attached hydrogen (secondary N) is 1. The molecule has 2 aromatic carbocycles. The molecule has 8 nitrogen and oxygen atoms in total. The molecule has 0 spiro atoms. The number of nitrogens with zero attached hydrogens (tertiary/aromatic N) is 2. The second-order valence-corrected chi connectivity index (χ2v) is 5.64. The van der Waals surface area contributed by atoms with Crippen LogP contribution >= 0.6 is 11.6 Å². The standard InChI is InChI=1S/C17H12ClN3O5/c18-11-5-6-14(26-9-15(22)23)10(7-11)8-19-21-16(24)12-3-1-2-4-13(12)20-17(21)25/h1-8H,9H2,(H,20,25)(H,22,23). The molecule has 0 saturated heterocycles. The first-order chi connectivity index (χ1) is 12.5. The molecule has 2 N–H and O–H groups in total. The lowest BCUT2D eigenvalue weighted by molar-refractivity contribution is -0.139. The molecule has 0 amide bonds. The molecule has 0 bridgehead atoms. The van der Waals surface area contributed by atoms with Crippen molar-refractivity contribution in [1.29, 1.82) is 0 Å². The summed E-state index contributed by atoms with van der Waals surface area (Å²) in [7, 11) is 0. The topological polar surface area (TPSA) is 114 Å². The molecule has 0 atom stereocenters. The number of aromatic amines is 1. The number of carbonyl (C=O) groups is 1. The number of ether oxygens (including phenoxy) is 1. The van der Waals surface area contributed by atoms with Crippen molar-refractivity contribution < 1.29 is 14.6 Å². The number of benzene rings is 2. The molecule has 1 aromatic heterocycles. The fraction of sp³-hybridized carbons (Fsp3) is 0.0588. The van der Waals surface area contributed by atoms with E-state index >= 15 is 0 Å². The molecule has 9 heteroatoms. The Bertz CT molecular complexity index is 1130. The number of aliphatic carboxylic acids is 1. The molecule has 0 unspecified atom stereocenters. The van der Waals surface area contributed by atoms with E-state index in [1.807, 2.05) is 0 Å². The summed E-state index contributed by atoms with van der Waals surface area (Å²) in [5.41, 5.74) is -0.573. The second kappa shape index (κ2) is 7.24. The van der Waals surface area contributed by atoms with Gasteiger partial charge in [-0.25, -0.2) is 9.59 Å². The number of para-hydroxylation sites is 1. The van der Waals surface area contributed by atoms with E-state index in [1.54, 1.807) is 24.3 Å². The lowest BCUT2D eigenvalue weighted by Crippen LogP contribution is -2.32. The van der Waals surface area contributed by atoms with Gasteiger partial charge in [0.15, 0.2) is 6.61 Å². The number of H-pyrrole nitrogens is 1. The van der Waals surface area contributed by atoms with E-state index < -0.39 is 23.8 Å². The molecule has 0 radical (unpaired) electrons. The smallest absolute Gasteiger partial charge is 0.349 e. The van der Waals surface area contributed by atoms with Crippen molar-refractivity contribution in [2.24, 2.45) is 5.10 Å². The fourth-order valence-electron chi connectivity index (χ4n) is 2.27. The summed E-state index contributed by atoms with van der Waals surface area (Å²) in [6, 6.07) is 11.0. The number of rotatable bonds is 5. The Labute approximate surface area is 150 Å². The van der Waals surface area contributed by atoms with Crippen LogP contribution in [0.25, 0.3) is 10.9 Å². The van der Waals surface area contributed by atoms with Crippen LogP contribution in [0, 0.1) is 0 Å². The summed E-state index contributed by atoms with van der Waals surface area (Å²) in [5, 5.41) is 13.3. The molecule has 132 valence electrons. The highest BCUT2D eigenvalue weighted by Gasteiger charge is 2.08. The first-order valence-electron chi connectivity index (χ1n) is 7.38. The van der Waals surface area contributed by atoms with Gasteiger partial charge in [-0.05, 0) is 30.3 Å². The van der Waals surface area contributed by atoms with Crippen LogP contribution in [0.4, 0.5) is 0 Å². The van der Waals surface area contributed by atoms with Crippen LogP contribution in [-0.2, 0) is 4.79 Å². The molecule has 0 aliphatic carbocycles. The molecule has 0 aliphatic heterocycles. The van der Waals surface area contributed by atoms with Crippen LogP contribution in [0.1, 0.15) is 5.56 Å². The lowest BCUT2D eigenvalue weighted by Gasteiger charge is -2.07. The highest BCUT2D eigenvalue weighted by atomic mass is 35.5. The Kier molecular flexibility index (Phi) is 4.85. The normalized spacial score (nSPS) is 11.1. The third-order valence-electron chi connectivity index (χ3n) is 3.42. The van der Waals surface area contributed by atoms with Gasteiger partial charge < -0.3 is 14.8 Å². The van der Waals surface area contributed by atoms with Crippen molar-refractivity contribution in [2.45, 2.75) is 0 Å². The Morgan fingerprint density at radius 1 is 1.27 bits per heavy atom. The second-order valence-electron chi connectivity index (χ2n) is 5.20. The Morgan fingerprint density at radius 3 is 2.81 bits per heavy atom. The van der Waals surface area contributed by atoms with Gasteiger partial charge in [-0.15, -0.1) is 4.68 Å². The minimum atomic E-state index is -1.15. The van der Waals surface area contributed by atoms with Gasteiger partial charge in [-0.2, -0.15) is 5.10 Å². The number of carboxylic acids is 1. The molecular weight excluding hydrogens is 362 g/mol. The number of halogens is 1. The maximum Gasteiger partial charge on any atom is 0.349 e. The minimum absolute atomic E-state index is 0.200. The summed E-state index contributed by atoms with van der Waals surface area (Å²) >= 11 is 5.93. The zero-order valence-electron chi connectivity index (χ0n) is 13.2. The first-order valence-corrected chi connectivity index (χ1v) is 7.76. The van der Waals surface area contributed by atoms with Gasteiger partial charge in [0, 0.05) is 10.6 Å². The largest absolute Gasteiger partial charge is 0.481 e. The van der Waals surface area contributed by atoms with Crippen molar-refractivity contribution in [1.82, 2.24) is 9.66 Å². The van der Waals surface area contributed by atoms with Gasteiger partial charge in [-0.1, -0.05) is 23.7 Å². The number of aromatic nitrogens is 2. The number of fused-ring (bicyclic) bond motifs is 1. The quantitative estimate of drug-likeness (QED) is 0.660. The van der Waals surface area contributed by atoms with Gasteiger partial charge in [0.2, 0.25) is 0 Å². The highest BCUT2D eigenvalue weighted by molar-refractivity contribution is 6.30. The summed E-state index contributed by atoms with van der Waals surface area (Å²) in [5.74, 6) is -0.948. The molecule has 0 fully saturated rings. The van der Waals surface area contributed by atoms with E-state index in [0.29, 0.717) is 26.2 Å². The predicted molar refractivity (Wildman–Crippen MR) is 96.4 cm³/mol. The lowest BCUT2D eigenvalue weighted by atomic mass is 10.2. The minimum Gasteiger partial charge on any atom is -0.481 e. The number of hydrogen-bond donors (Lipinski definition) is 2. The molecule has 26 heavy (non-hydrogen) atoms. The molecule has 0 aliphatic rings. The Balaban J connectivity index is 2.04. The van der Waals surface area contributed by atoms with Crippen LogP contribution in [0.2, 0.25) is 5.02 Å². The SMILES string of the molecule is O=C(O)COc1ccc(Cl)cc1C=Nn1c(=O)[nH]c2ccccc2c1=O. The van der Waals surface area contributed by atoms with Gasteiger partial charge >= 0.3 is 11.7 Å². The average molecular weight is 374 g/mol. The molecule has 0 saturated carbocycles. The fourth-order valence-corrected chi connectivity index (χ4v) is 2.45. The zero-order valence-corrected chi connectivity index (χ0v) is 13.9.